The molecule has 15 heavy (non-hydrogen) atoms. The van der Waals surface area contributed by atoms with Crippen molar-refractivity contribution < 1.29 is 30.6 Å². The number of rotatable bonds is 5. The summed E-state index contributed by atoms with van der Waals surface area (Å²) >= 11 is 0. The highest BCUT2D eigenvalue weighted by atomic mass is 16.4. The standard InChI is InChI=1S/C9H20O6/c1-8(2,14)7(13)9(3,15)6(12)5(11)4-10/h5-7,10-15H,4H2,1-3H3. The molecule has 0 aromatic heterocycles. The molecule has 6 N–H and O–H groups in total. The van der Waals surface area contributed by atoms with Crippen molar-refractivity contribution in [1.29, 1.82) is 0 Å². The second-order valence-corrected chi connectivity index (χ2v) is 4.48. The second-order valence-electron chi connectivity index (χ2n) is 4.48. The Kier molecular flexibility index (Phi) is 4.66. The third-order valence-electron chi connectivity index (χ3n) is 2.37. The first-order valence-corrected chi connectivity index (χ1v) is 4.65. The van der Waals surface area contributed by atoms with Crippen molar-refractivity contribution in [2.75, 3.05) is 6.61 Å². The lowest BCUT2D eigenvalue weighted by Crippen LogP contribution is -2.61. The van der Waals surface area contributed by atoms with Crippen LogP contribution in [0, 0.1) is 0 Å². The molecule has 6 nitrogen and oxygen atoms in total. The molecule has 6 heteroatoms. The molecule has 0 rings (SSSR count). The Labute approximate surface area is 88.4 Å². The van der Waals surface area contributed by atoms with Crippen LogP contribution < -0.4 is 0 Å². The predicted octanol–water partition coefficient (Wildman–Crippen LogP) is -2.42. The maximum absolute atomic E-state index is 9.76. The Morgan fingerprint density at radius 1 is 1.00 bits per heavy atom. The lowest BCUT2D eigenvalue weighted by atomic mass is 9.81. The third-order valence-corrected chi connectivity index (χ3v) is 2.37. The molecule has 0 aliphatic rings. The van der Waals surface area contributed by atoms with Crippen LogP contribution >= 0.6 is 0 Å². The van der Waals surface area contributed by atoms with Gasteiger partial charge in [0.15, 0.2) is 0 Å². The average Bonchev–Trinajstić information content (AvgIpc) is 2.12. The Bertz CT molecular complexity index is 197. The van der Waals surface area contributed by atoms with Crippen molar-refractivity contribution in [1.82, 2.24) is 0 Å². The fourth-order valence-electron chi connectivity index (χ4n) is 1.37. The van der Waals surface area contributed by atoms with Crippen LogP contribution in [-0.2, 0) is 0 Å². The molecule has 4 unspecified atom stereocenters. The van der Waals surface area contributed by atoms with Gasteiger partial charge in [0.05, 0.1) is 12.2 Å². The van der Waals surface area contributed by atoms with Crippen molar-refractivity contribution in [2.45, 2.75) is 50.3 Å². The van der Waals surface area contributed by atoms with Crippen LogP contribution in [-0.4, -0.2) is 66.8 Å². The van der Waals surface area contributed by atoms with Crippen LogP contribution in [0.5, 0.6) is 0 Å². The first-order chi connectivity index (χ1) is 6.55. The van der Waals surface area contributed by atoms with Gasteiger partial charge >= 0.3 is 0 Å². The van der Waals surface area contributed by atoms with Crippen LogP contribution in [0.3, 0.4) is 0 Å². The summed E-state index contributed by atoms with van der Waals surface area (Å²) in [6.07, 6.45) is -5.01. The van der Waals surface area contributed by atoms with Gasteiger partial charge in [-0.15, -0.1) is 0 Å². The van der Waals surface area contributed by atoms with Gasteiger partial charge in [0.2, 0.25) is 0 Å². The fraction of sp³-hybridized carbons (Fsp3) is 1.00. The van der Waals surface area contributed by atoms with Crippen molar-refractivity contribution in [3.8, 4) is 0 Å². The molecule has 0 aliphatic carbocycles. The lowest BCUT2D eigenvalue weighted by Gasteiger charge is -2.40. The molecular formula is C9H20O6. The minimum atomic E-state index is -2.12. The Hall–Kier alpha value is -0.240. The third kappa shape index (κ3) is 3.37. The van der Waals surface area contributed by atoms with Crippen molar-refractivity contribution >= 4 is 0 Å². The largest absolute Gasteiger partial charge is 0.394 e. The van der Waals surface area contributed by atoms with Gasteiger partial charge in [0.25, 0.3) is 0 Å². The molecule has 0 bridgehead atoms. The maximum Gasteiger partial charge on any atom is 0.119 e. The highest BCUT2D eigenvalue weighted by Crippen LogP contribution is 2.25. The minimum absolute atomic E-state index is 0.754. The van der Waals surface area contributed by atoms with E-state index in [0.717, 1.165) is 6.92 Å². The first kappa shape index (κ1) is 14.8. The molecule has 0 saturated carbocycles. The van der Waals surface area contributed by atoms with Gasteiger partial charge in [-0.05, 0) is 20.8 Å². The quantitative estimate of drug-likeness (QED) is 0.309. The van der Waals surface area contributed by atoms with E-state index in [1.165, 1.54) is 13.8 Å². The summed E-state index contributed by atoms with van der Waals surface area (Å²) in [6, 6.07) is 0. The molecule has 0 saturated heterocycles. The molecule has 0 spiro atoms. The zero-order valence-corrected chi connectivity index (χ0v) is 9.12. The Morgan fingerprint density at radius 2 is 1.40 bits per heavy atom. The van der Waals surface area contributed by atoms with E-state index in [1.807, 2.05) is 0 Å². The molecule has 0 heterocycles. The van der Waals surface area contributed by atoms with Gasteiger partial charge in [0.1, 0.15) is 23.9 Å². The van der Waals surface area contributed by atoms with Crippen LogP contribution in [0.1, 0.15) is 20.8 Å². The smallest absolute Gasteiger partial charge is 0.119 e. The normalized spacial score (nSPS) is 23.0. The molecule has 0 aromatic carbocycles. The summed E-state index contributed by atoms with van der Waals surface area (Å²) < 4.78 is 0. The average molecular weight is 224 g/mol. The lowest BCUT2D eigenvalue weighted by molar-refractivity contribution is -0.213. The molecule has 0 aliphatic heterocycles. The van der Waals surface area contributed by atoms with E-state index >= 15 is 0 Å². The van der Waals surface area contributed by atoms with E-state index in [0.29, 0.717) is 0 Å². The number of aliphatic hydroxyl groups excluding tert-OH is 4. The highest BCUT2D eigenvalue weighted by molar-refractivity contribution is 4.98. The first-order valence-electron chi connectivity index (χ1n) is 4.65. The summed E-state index contributed by atoms with van der Waals surface area (Å²) in [7, 11) is 0. The number of hydrogen-bond acceptors (Lipinski definition) is 6. The van der Waals surface area contributed by atoms with Gasteiger partial charge in [-0.2, -0.15) is 0 Å². The Morgan fingerprint density at radius 3 is 1.67 bits per heavy atom. The van der Waals surface area contributed by atoms with Crippen molar-refractivity contribution in [2.24, 2.45) is 0 Å². The highest BCUT2D eigenvalue weighted by Gasteiger charge is 2.47. The summed E-state index contributed by atoms with van der Waals surface area (Å²) in [6.45, 7) is 2.82. The zero-order chi connectivity index (χ0) is 12.4. The number of aliphatic hydroxyl groups is 6. The molecular weight excluding hydrogens is 204 g/mol. The van der Waals surface area contributed by atoms with E-state index in [4.69, 9.17) is 10.2 Å². The molecule has 0 radical (unpaired) electrons. The van der Waals surface area contributed by atoms with E-state index in [1.54, 1.807) is 0 Å². The minimum Gasteiger partial charge on any atom is -0.394 e. The van der Waals surface area contributed by atoms with Crippen LogP contribution in [0.25, 0.3) is 0 Å². The topological polar surface area (TPSA) is 121 Å². The van der Waals surface area contributed by atoms with Crippen LogP contribution in [0.15, 0.2) is 0 Å². The summed E-state index contributed by atoms with van der Waals surface area (Å²) in [4.78, 5) is 0. The van der Waals surface area contributed by atoms with E-state index in [2.05, 4.69) is 0 Å². The SMILES string of the molecule is CC(C)(O)C(O)C(C)(O)C(O)C(O)CO. The monoisotopic (exact) mass is 224 g/mol. The molecule has 92 valence electrons. The molecule has 0 aromatic rings. The maximum atomic E-state index is 9.76. The van der Waals surface area contributed by atoms with E-state index in [9.17, 15) is 20.4 Å². The fourth-order valence-corrected chi connectivity index (χ4v) is 1.37. The summed E-state index contributed by atoms with van der Waals surface area (Å²) in [5, 5.41) is 56.0. The molecule has 0 amide bonds. The summed E-state index contributed by atoms with van der Waals surface area (Å²) in [5.41, 5.74) is -3.76. The Balaban J connectivity index is 4.81. The van der Waals surface area contributed by atoms with Gasteiger partial charge in [0, 0.05) is 0 Å². The summed E-state index contributed by atoms with van der Waals surface area (Å²) in [5.74, 6) is 0. The molecule has 4 atom stereocenters. The van der Waals surface area contributed by atoms with Crippen LogP contribution in [0.2, 0.25) is 0 Å². The van der Waals surface area contributed by atoms with E-state index < -0.39 is 36.1 Å². The van der Waals surface area contributed by atoms with E-state index in [-0.39, 0.29) is 0 Å². The van der Waals surface area contributed by atoms with Gasteiger partial charge in [-0.1, -0.05) is 0 Å². The second kappa shape index (κ2) is 4.73. The van der Waals surface area contributed by atoms with Gasteiger partial charge in [-0.3, -0.25) is 0 Å². The number of hydrogen-bond donors (Lipinski definition) is 6. The van der Waals surface area contributed by atoms with Crippen molar-refractivity contribution in [3.63, 3.8) is 0 Å². The predicted molar refractivity (Wildman–Crippen MR) is 52.0 cm³/mol. The van der Waals surface area contributed by atoms with Gasteiger partial charge < -0.3 is 30.6 Å². The molecule has 0 fully saturated rings. The zero-order valence-electron chi connectivity index (χ0n) is 9.12. The van der Waals surface area contributed by atoms with Crippen LogP contribution in [0.4, 0.5) is 0 Å². The van der Waals surface area contributed by atoms with Crippen molar-refractivity contribution in [3.05, 3.63) is 0 Å². The van der Waals surface area contributed by atoms with Gasteiger partial charge in [-0.25, -0.2) is 0 Å².